The summed E-state index contributed by atoms with van der Waals surface area (Å²) in [6.45, 7) is -0.685. The molecule has 1 atom stereocenters. The van der Waals surface area contributed by atoms with Gasteiger partial charge in [-0.25, -0.2) is 13.5 Å². The van der Waals surface area contributed by atoms with E-state index in [9.17, 15) is 35.8 Å². The lowest BCUT2D eigenvalue weighted by Crippen LogP contribution is -2.25. The van der Waals surface area contributed by atoms with Gasteiger partial charge in [0, 0.05) is 17.2 Å². The molecule has 2 aromatic heterocycles. The summed E-state index contributed by atoms with van der Waals surface area (Å²) in [5.41, 5.74) is -1.78. The summed E-state index contributed by atoms with van der Waals surface area (Å²) < 4.78 is 110. The van der Waals surface area contributed by atoms with Crippen molar-refractivity contribution in [1.82, 2.24) is 14.8 Å². The topological polar surface area (TPSA) is 78.6 Å². The zero-order valence-corrected chi connectivity index (χ0v) is 17.4. The van der Waals surface area contributed by atoms with Crippen molar-refractivity contribution in [2.45, 2.75) is 44.4 Å². The van der Waals surface area contributed by atoms with Crippen LogP contribution in [0.1, 0.15) is 41.5 Å². The van der Waals surface area contributed by atoms with Crippen LogP contribution in [0, 0.1) is 11.6 Å². The number of hydrogen-bond donors (Lipinski definition) is 1. The van der Waals surface area contributed by atoms with Gasteiger partial charge >= 0.3 is 12.5 Å². The Kier molecular flexibility index (Phi) is 5.30. The summed E-state index contributed by atoms with van der Waals surface area (Å²) in [6.07, 6.45) is -9.46. The number of ether oxygens (including phenoxy) is 3. The van der Waals surface area contributed by atoms with Crippen LogP contribution in [-0.2, 0) is 19.2 Å². The fraction of sp³-hybridized carbons (Fsp3) is 0.333. The molecule has 35 heavy (non-hydrogen) atoms. The molecule has 3 heterocycles. The second kappa shape index (κ2) is 8.00. The van der Waals surface area contributed by atoms with Gasteiger partial charge in [-0.05, 0) is 37.5 Å². The molecule has 1 N–H and O–H groups in total. The van der Waals surface area contributed by atoms with E-state index in [1.165, 1.54) is 0 Å². The number of fused-ring (bicyclic) bond motifs is 2. The molecule has 5 rings (SSSR count). The molecule has 0 radical (unpaired) electrons. The maximum absolute atomic E-state index is 14.3. The van der Waals surface area contributed by atoms with Gasteiger partial charge in [-0.2, -0.15) is 23.3 Å². The van der Waals surface area contributed by atoms with Crippen LogP contribution in [-0.4, -0.2) is 26.2 Å². The Hall–Kier alpha value is -3.55. The maximum Gasteiger partial charge on any atom is 0.586 e. The molecular weight excluding hydrogens is 491 g/mol. The highest BCUT2D eigenvalue weighted by molar-refractivity contribution is 5.46. The summed E-state index contributed by atoms with van der Waals surface area (Å²) >= 11 is 0. The van der Waals surface area contributed by atoms with Crippen LogP contribution < -0.4 is 14.2 Å². The molecule has 186 valence electrons. The molecule has 1 unspecified atom stereocenters. The predicted molar refractivity (Wildman–Crippen MR) is 101 cm³/mol. The first-order valence-corrected chi connectivity index (χ1v) is 10.2. The van der Waals surface area contributed by atoms with Gasteiger partial charge in [-0.3, -0.25) is 0 Å². The Balaban J connectivity index is 1.46. The predicted octanol–water partition coefficient (Wildman–Crippen LogP) is 4.83. The minimum absolute atomic E-state index is 0.0359. The second-order valence-electron chi connectivity index (χ2n) is 7.83. The molecule has 0 spiro atoms. The summed E-state index contributed by atoms with van der Waals surface area (Å²) in [5.74, 6) is -4.04. The minimum Gasteiger partial charge on any atom is -0.471 e. The van der Waals surface area contributed by atoms with Crippen molar-refractivity contribution in [3.05, 3.63) is 58.4 Å². The third kappa shape index (κ3) is 4.22. The lowest BCUT2D eigenvalue weighted by Gasteiger charge is -2.20. The van der Waals surface area contributed by atoms with Crippen molar-refractivity contribution < 1.29 is 50.1 Å². The lowest BCUT2D eigenvalue weighted by molar-refractivity contribution is -0.286. The summed E-state index contributed by atoms with van der Waals surface area (Å²) in [4.78, 5) is 3.85. The van der Waals surface area contributed by atoms with Crippen LogP contribution >= 0.6 is 0 Å². The van der Waals surface area contributed by atoms with E-state index in [1.54, 1.807) is 0 Å². The van der Waals surface area contributed by atoms with Crippen molar-refractivity contribution in [3.63, 3.8) is 0 Å². The number of nitrogens with zero attached hydrogens (tertiary/aromatic N) is 3. The SMILES string of the molecule is OC1CCCc2c(C(F)(F)F)nn(-c3ccc(F)c(OCc4cc5c(cc4F)OC(F)(F)O5)n3)c21. The largest absolute Gasteiger partial charge is 0.586 e. The Morgan fingerprint density at radius 3 is 2.54 bits per heavy atom. The molecule has 1 aliphatic heterocycles. The number of aliphatic hydroxyl groups excluding tert-OH is 1. The Morgan fingerprint density at radius 2 is 1.83 bits per heavy atom. The second-order valence-corrected chi connectivity index (χ2v) is 7.83. The Labute approximate surface area is 191 Å². The van der Waals surface area contributed by atoms with Crippen molar-refractivity contribution in [2.75, 3.05) is 0 Å². The summed E-state index contributed by atoms with van der Waals surface area (Å²) in [7, 11) is 0. The van der Waals surface area contributed by atoms with Gasteiger partial charge in [0.25, 0.3) is 5.88 Å². The molecule has 0 saturated heterocycles. The van der Waals surface area contributed by atoms with Crippen LogP contribution in [0.15, 0.2) is 24.3 Å². The number of rotatable bonds is 4. The molecule has 0 fully saturated rings. The maximum atomic E-state index is 14.3. The molecule has 0 bridgehead atoms. The number of aromatic nitrogens is 3. The zero-order chi connectivity index (χ0) is 25.1. The molecule has 3 aromatic rings. The van der Waals surface area contributed by atoms with E-state index >= 15 is 0 Å². The average molecular weight is 505 g/mol. The molecule has 2 aliphatic rings. The third-order valence-corrected chi connectivity index (χ3v) is 5.46. The van der Waals surface area contributed by atoms with E-state index in [0.717, 1.165) is 22.9 Å². The average Bonchev–Trinajstić information content (AvgIpc) is 3.30. The number of aliphatic hydroxyl groups is 1. The van der Waals surface area contributed by atoms with Crippen LogP contribution in [0.5, 0.6) is 17.4 Å². The van der Waals surface area contributed by atoms with E-state index in [1.807, 2.05) is 0 Å². The van der Waals surface area contributed by atoms with Crippen molar-refractivity contribution in [1.29, 1.82) is 0 Å². The van der Waals surface area contributed by atoms with Gasteiger partial charge in [0.05, 0.1) is 11.8 Å². The van der Waals surface area contributed by atoms with Crippen LogP contribution in [0.4, 0.5) is 30.7 Å². The first kappa shape index (κ1) is 23.2. The number of halogens is 7. The van der Waals surface area contributed by atoms with E-state index in [-0.39, 0.29) is 35.5 Å². The van der Waals surface area contributed by atoms with Crippen molar-refractivity contribution in [2.24, 2.45) is 0 Å². The highest BCUT2D eigenvalue weighted by atomic mass is 19.4. The molecule has 7 nitrogen and oxygen atoms in total. The number of pyridine rings is 1. The number of alkyl halides is 5. The molecular formula is C21H14F7N3O4. The normalized spacial score (nSPS) is 18.5. The van der Waals surface area contributed by atoms with Crippen LogP contribution in [0.3, 0.4) is 0 Å². The smallest absolute Gasteiger partial charge is 0.471 e. The first-order valence-electron chi connectivity index (χ1n) is 10.2. The van der Waals surface area contributed by atoms with E-state index in [4.69, 9.17) is 4.74 Å². The van der Waals surface area contributed by atoms with Crippen LogP contribution in [0.25, 0.3) is 5.82 Å². The Bertz CT molecular complexity index is 1310. The highest BCUT2D eigenvalue weighted by Crippen LogP contribution is 2.43. The fourth-order valence-corrected chi connectivity index (χ4v) is 3.97. The van der Waals surface area contributed by atoms with E-state index < -0.39 is 59.9 Å². The fourth-order valence-electron chi connectivity index (χ4n) is 3.97. The van der Waals surface area contributed by atoms with Gasteiger partial charge in [0.15, 0.2) is 28.8 Å². The molecule has 1 aromatic carbocycles. The Morgan fingerprint density at radius 1 is 1.11 bits per heavy atom. The van der Waals surface area contributed by atoms with Gasteiger partial charge < -0.3 is 19.3 Å². The van der Waals surface area contributed by atoms with Crippen molar-refractivity contribution >= 4 is 0 Å². The molecule has 14 heteroatoms. The van der Waals surface area contributed by atoms with E-state index in [2.05, 4.69) is 19.6 Å². The van der Waals surface area contributed by atoms with Gasteiger partial charge in [-0.1, -0.05) is 0 Å². The van der Waals surface area contributed by atoms with Gasteiger partial charge in [0.1, 0.15) is 12.4 Å². The lowest BCUT2D eigenvalue weighted by atomic mass is 9.93. The quantitative estimate of drug-likeness (QED) is 0.512. The number of hydrogen-bond acceptors (Lipinski definition) is 6. The number of benzene rings is 1. The monoisotopic (exact) mass is 505 g/mol. The van der Waals surface area contributed by atoms with E-state index in [0.29, 0.717) is 12.5 Å². The minimum atomic E-state index is -4.79. The van der Waals surface area contributed by atoms with Crippen molar-refractivity contribution in [3.8, 4) is 23.2 Å². The standard InChI is InChI=1S/C21H14F7N3O4/c22-11-4-5-16(31-17-10(2-1-3-13(17)32)18(30-31)20(24,25)26)29-19(11)33-8-9-6-14-15(7-12(9)23)35-21(27,28)34-14/h4-7,13,32H,1-3,8H2. The third-order valence-electron chi connectivity index (χ3n) is 5.46. The summed E-state index contributed by atoms with van der Waals surface area (Å²) in [5, 5.41) is 13.9. The zero-order valence-electron chi connectivity index (χ0n) is 17.4. The first-order chi connectivity index (χ1) is 16.4. The van der Waals surface area contributed by atoms with Crippen LogP contribution in [0.2, 0.25) is 0 Å². The molecule has 1 aliphatic carbocycles. The summed E-state index contributed by atoms with van der Waals surface area (Å²) in [6, 6.07) is 3.42. The highest BCUT2D eigenvalue weighted by Gasteiger charge is 2.44. The molecule has 0 amide bonds. The van der Waals surface area contributed by atoms with Gasteiger partial charge in [-0.15, -0.1) is 8.78 Å². The molecule has 0 saturated carbocycles. The van der Waals surface area contributed by atoms with Gasteiger partial charge in [0.2, 0.25) is 0 Å².